The van der Waals surface area contributed by atoms with Gasteiger partial charge in [0.05, 0.1) is 5.52 Å². The molecule has 0 radical (unpaired) electrons. The van der Waals surface area contributed by atoms with Crippen molar-refractivity contribution in [1.29, 1.82) is 0 Å². The number of nitrogens with two attached hydrogens (primary N) is 1. The summed E-state index contributed by atoms with van der Waals surface area (Å²) in [5, 5.41) is 10.2. The van der Waals surface area contributed by atoms with E-state index < -0.39 is 11.5 Å². The molecule has 5 nitrogen and oxygen atoms in total. The Morgan fingerprint density at radius 1 is 1.40 bits per heavy atom. The molecule has 1 aromatic heterocycles. The molecule has 1 aromatic carbocycles. The highest BCUT2D eigenvalue weighted by Gasteiger charge is 2.49. The van der Waals surface area contributed by atoms with E-state index in [1.54, 1.807) is 12.3 Å². The summed E-state index contributed by atoms with van der Waals surface area (Å²) in [6, 6.07) is 9.24. The van der Waals surface area contributed by atoms with E-state index in [-0.39, 0.29) is 12.5 Å². The number of nitrogens with zero attached hydrogens (tertiary/aromatic N) is 1. The van der Waals surface area contributed by atoms with Crippen LogP contribution in [0.15, 0.2) is 36.5 Å². The smallest absolute Gasteiger partial charge is 0.327 e. The molecule has 3 rings (SSSR count). The summed E-state index contributed by atoms with van der Waals surface area (Å²) >= 11 is 0. The van der Waals surface area contributed by atoms with Gasteiger partial charge >= 0.3 is 5.97 Å². The number of carboxylic acids is 1. The van der Waals surface area contributed by atoms with E-state index in [9.17, 15) is 9.90 Å². The number of rotatable bonds is 5. The van der Waals surface area contributed by atoms with Gasteiger partial charge in [-0.2, -0.15) is 0 Å². The average Bonchev–Trinajstić information content (AvgIpc) is 3.29. The molecule has 1 fully saturated rings. The fourth-order valence-corrected chi connectivity index (χ4v) is 2.35. The van der Waals surface area contributed by atoms with Crippen molar-refractivity contribution in [3.63, 3.8) is 0 Å². The number of aliphatic carboxylic acids is 1. The Labute approximate surface area is 116 Å². The summed E-state index contributed by atoms with van der Waals surface area (Å²) in [7, 11) is 0. The van der Waals surface area contributed by atoms with E-state index in [2.05, 4.69) is 4.98 Å². The zero-order chi connectivity index (χ0) is 14.2. The molecular formula is C15H16N2O3. The number of aromatic nitrogens is 1. The Morgan fingerprint density at radius 3 is 2.90 bits per heavy atom. The van der Waals surface area contributed by atoms with Crippen molar-refractivity contribution in [3.05, 3.63) is 36.5 Å². The van der Waals surface area contributed by atoms with Crippen molar-refractivity contribution in [2.24, 2.45) is 11.7 Å². The molecule has 1 heterocycles. The van der Waals surface area contributed by atoms with Crippen LogP contribution in [0.1, 0.15) is 12.8 Å². The summed E-state index contributed by atoms with van der Waals surface area (Å²) in [5.74, 6) is -0.376. The van der Waals surface area contributed by atoms with Gasteiger partial charge in [-0.1, -0.05) is 6.07 Å². The summed E-state index contributed by atoms with van der Waals surface area (Å²) in [5.41, 5.74) is 5.51. The lowest BCUT2D eigenvalue weighted by Gasteiger charge is -2.24. The van der Waals surface area contributed by atoms with Gasteiger partial charge < -0.3 is 15.6 Å². The van der Waals surface area contributed by atoms with Crippen molar-refractivity contribution < 1.29 is 14.6 Å². The zero-order valence-electron chi connectivity index (χ0n) is 11.0. The fourth-order valence-electron chi connectivity index (χ4n) is 2.35. The second-order valence-corrected chi connectivity index (χ2v) is 5.23. The molecule has 1 saturated carbocycles. The minimum absolute atomic E-state index is 0.00750. The Kier molecular flexibility index (Phi) is 3.06. The quantitative estimate of drug-likeness (QED) is 0.867. The molecule has 1 aliphatic carbocycles. The van der Waals surface area contributed by atoms with Gasteiger partial charge in [-0.05, 0) is 43.0 Å². The van der Waals surface area contributed by atoms with E-state index in [1.807, 2.05) is 24.3 Å². The van der Waals surface area contributed by atoms with Crippen LogP contribution in [0.2, 0.25) is 0 Å². The Balaban J connectivity index is 1.85. The van der Waals surface area contributed by atoms with Crippen LogP contribution >= 0.6 is 0 Å². The van der Waals surface area contributed by atoms with E-state index in [4.69, 9.17) is 10.5 Å². The molecule has 20 heavy (non-hydrogen) atoms. The van der Waals surface area contributed by atoms with E-state index in [1.165, 1.54) is 0 Å². The molecule has 0 bridgehead atoms. The van der Waals surface area contributed by atoms with Crippen LogP contribution in [0.25, 0.3) is 10.9 Å². The molecule has 5 heteroatoms. The van der Waals surface area contributed by atoms with Gasteiger partial charge in [0.2, 0.25) is 0 Å². The van der Waals surface area contributed by atoms with Gasteiger partial charge in [0.1, 0.15) is 12.4 Å². The molecule has 104 valence electrons. The van der Waals surface area contributed by atoms with Crippen LogP contribution in [-0.2, 0) is 4.79 Å². The van der Waals surface area contributed by atoms with E-state index >= 15 is 0 Å². The van der Waals surface area contributed by atoms with Crippen LogP contribution in [0.4, 0.5) is 0 Å². The number of hydrogen-bond acceptors (Lipinski definition) is 4. The SMILES string of the molecule is NC(COc1cccc2ncccc12)(C(=O)O)C1CC1. The number of carboxylic acid groups (broad SMARTS) is 1. The largest absolute Gasteiger partial charge is 0.490 e. The third-order valence-electron chi connectivity index (χ3n) is 3.78. The van der Waals surface area contributed by atoms with Crippen molar-refractivity contribution in [2.45, 2.75) is 18.4 Å². The lowest BCUT2D eigenvalue weighted by Crippen LogP contribution is -2.54. The first-order valence-electron chi connectivity index (χ1n) is 6.60. The molecular weight excluding hydrogens is 256 g/mol. The Morgan fingerprint density at radius 2 is 2.20 bits per heavy atom. The summed E-state index contributed by atoms with van der Waals surface area (Å²) in [6.45, 7) is -0.0268. The second kappa shape index (κ2) is 4.76. The van der Waals surface area contributed by atoms with Gasteiger partial charge in [0.25, 0.3) is 0 Å². The van der Waals surface area contributed by atoms with Crippen molar-refractivity contribution >= 4 is 16.9 Å². The first-order valence-corrected chi connectivity index (χ1v) is 6.60. The topological polar surface area (TPSA) is 85.4 Å². The van der Waals surface area contributed by atoms with Crippen molar-refractivity contribution in [2.75, 3.05) is 6.61 Å². The average molecular weight is 272 g/mol. The van der Waals surface area contributed by atoms with Crippen LogP contribution < -0.4 is 10.5 Å². The fraction of sp³-hybridized carbons (Fsp3) is 0.333. The van der Waals surface area contributed by atoms with Crippen LogP contribution in [0.5, 0.6) is 5.75 Å². The third-order valence-corrected chi connectivity index (χ3v) is 3.78. The van der Waals surface area contributed by atoms with Crippen molar-refractivity contribution in [3.8, 4) is 5.75 Å². The van der Waals surface area contributed by atoms with Crippen molar-refractivity contribution in [1.82, 2.24) is 4.98 Å². The predicted octanol–water partition coefficient (Wildman–Crippen LogP) is 1.81. The lowest BCUT2D eigenvalue weighted by molar-refractivity contribution is -0.145. The normalized spacial score (nSPS) is 17.6. The standard InChI is InChI=1S/C15H16N2O3/c16-15(14(18)19,10-6-7-10)9-20-13-5-1-4-12-11(13)3-2-8-17-12/h1-5,8,10H,6-7,9,16H2,(H,18,19). The molecule has 0 amide bonds. The Bertz CT molecular complexity index is 649. The molecule has 3 N–H and O–H groups in total. The van der Waals surface area contributed by atoms with Gasteiger partial charge in [0.15, 0.2) is 5.54 Å². The summed E-state index contributed by atoms with van der Waals surface area (Å²) in [6.07, 6.45) is 3.41. The second-order valence-electron chi connectivity index (χ2n) is 5.23. The number of benzene rings is 1. The van der Waals surface area contributed by atoms with Crippen LogP contribution in [-0.4, -0.2) is 28.2 Å². The number of carbonyl (C=O) groups is 1. The molecule has 0 aliphatic heterocycles. The molecule has 1 atom stereocenters. The van der Waals surface area contributed by atoms with E-state index in [0.717, 1.165) is 23.7 Å². The predicted molar refractivity (Wildman–Crippen MR) is 74.5 cm³/mol. The highest BCUT2D eigenvalue weighted by molar-refractivity contribution is 5.85. The highest BCUT2D eigenvalue weighted by Crippen LogP contribution is 2.39. The maximum absolute atomic E-state index is 11.4. The number of hydrogen-bond donors (Lipinski definition) is 2. The first-order chi connectivity index (χ1) is 9.61. The maximum atomic E-state index is 11.4. The zero-order valence-corrected chi connectivity index (χ0v) is 11.0. The lowest BCUT2D eigenvalue weighted by atomic mass is 9.96. The molecule has 0 spiro atoms. The maximum Gasteiger partial charge on any atom is 0.327 e. The van der Waals surface area contributed by atoms with Crippen LogP contribution in [0.3, 0.4) is 0 Å². The van der Waals surface area contributed by atoms with Gasteiger partial charge in [-0.25, -0.2) is 0 Å². The molecule has 1 aliphatic rings. The van der Waals surface area contributed by atoms with E-state index in [0.29, 0.717) is 5.75 Å². The minimum atomic E-state index is -1.30. The van der Waals surface area contributed by atoms with Gasteiger partial charge in [-0.3, -0.25) is 9.78 Å². The molecule has 1 unspecified atom stereocenters. The number of ether oxygens (including phenoxy) is 1. The minimum Gasteiger partial charge on any atom is -0.490 e. The number of pyridine rings is 1. The molecule has 2 aromatic rings. The third kappa shape index (κ3) is 2.20. The summed E-state index contributed by atoms with van der Waals surface area (Å²) < 4.78 is 5.70. The number of fused-ring (bicyclic) bond motifs is 1. The first kappa shape index (κ1) is 12.9. The highest BCUT2D eigenvalue weighted by atomic mass is 16.5. The molecule has 0 saturated heterocycles. The monoisotopic (exact) mass is 272 g/mol. The van der Waals surface area contributed by atoms with Gasteiger partial charge in [0, 0.05) is 11.6 Å². The Hall–Kier alpha value is -2.14. The summed E-state index contributed by atoms with van der Waals surface area (Å²) in [4.78, 5) is 15.6. The van der Waals surface area contributed by atoms with Crippen LogP contribution in [0, 0.1) is 5.92 Å². The van der Waals surface area contributed by atoms with Gasteiger partial charge in [-0.15, -0.1) is 0 Å².